The number of anilines is 1. The van der Waals surface area contributed by atoms with Crippen molar-refractivity contribution >= 4 is 34.7 Å². The lowest BCUT2D eigenvalue weighted by Gasteiger charge is -2.14. The lowest BCUT2D eigenvalue weighted by Crippen LogP contribution is -2.18. The van der Waals surface area contributed by atoms with Crippen molar-refractivity contribution in [3.63, 3.8) is 0 Å². The Morgan fingerprint density at radius 3 is 3.00 bits per heavy atom. The Morgan fingerprint density at radius 1 is 1.39 bits per heavy atom. The Bertz CT molecular complexity index is 1030. The summed E-state index contributed by atoms with van der Waals surface area (Å²) in [7, 11) is 1.59. The minimum absolute atomic E-state index is 0.119. The number of methoxy groups -OCH3 is 1. The molecule has 164 valence electrons. The summed E-state index contributed by atoms with van der Waals surface area (Å²) in [6, 6.07) is 9.54. The van der Waals surface area contributed by atoms with E-state index >= 15 is 0 Å². The second-order valence-electron chi connectivity index (χ2n) is 7.24. The Labute approximate surface area is 190 Å². The maximum Gasteiger partial charge on any atom is 0.234 e. The zero-order valence-corrected chi connectivity index (χ0v) is 19.3. The quantitative estimate of drug-likeness (QED) is 0.476. The van der Waals surface area contributed by atoms with Gasteiger partial charge in [-0.2, -0.15) is 0 Å². The van der Waals surface area contributed by atoms with Crippen molar-refractivity contribution < 1.29 is 14.3 Å². The van der Waals surface area contributed by atoms with Crippen molar-refractivity contribution in [2.45, 2.75) is 44.0 Å². The van der Waals surface area contributed by atoms with Crippen LogP contribution >= 0.6 is 23.1 Å². The van der Waals surface area contributed by atoms with Gasteiger partial charge in [-0.3, -0.25) is 9.36 Å². The highest BCUT2D eigenvalue weighted by Gasteiger charge is 2.23. The minimum atomic E-state index is -0.119. The van der Waals surface area contributed by atoms with Crippen LogP contribution in [0.4, 0.5) is 5.69 Å². The van der Waals surface area contributed by atoms with E-state index in [4.69, 9.17) is 9.47 Å². The topological polar surface area (TPSA) is 78.3 Å². The predicted octanol–water partition coefficient (Wildman–Crippen LogP) is 4.49. The molecule has 1 aromatic carbocycles. The molecule has 3 heterocycles. The molecular formula is C22H26N4O3S2. The molecule has 0 radical (unpaired) electrons. The van der Waals surface area contributed by atoms with Crippen LogP contribution in [-0.2, 0) is 22.5 Å². The van der Waals surface area contributed by atoms with E-state index in [1.807, 2.05) is 24.3 Å². The van der Waals surface area contributed by atoms with E-state index in [-0.39, 0.29) is 17.8 Å². The van der Waals surface area contributed by atoms with Crippen LogP contribution < -0.4 is 10.1 Å². The third-order valence-electron chi connectivity index (χ3n) is 5.10. The maximum absolute atomic E-state index is 12.6. The molecule has 1 aliphatic rings. The van der Waals surface area contributed by atoms with Crippen LogP contribution in [0.3, 0.4) is 0 Å². The number of nitrogens with one attached hydrogen (secondary N) is 1. The fourth-order valence-electron chi connectivity index (χ4n) is 3.51. The fraction of sp³-hybridized carbons (Fsp3) is 0.409. The van der Waals surface area contributed by atoms with Crippen LogP contribution in [0.2, 0.25) is 0 Å². The average molecular weight is 459 g/mol. The molecule has 2 aromatic heterocycles. The van der Waals surface area contributed by atoms with Crippen molar-refractivity contribution in [1.29, 1.82) is 0 Å². The van der Waals surface area contributed by atoms with E-state index in [2.05, 4.69) is 38.5 Å². The smallest absolute Gasteiger partial charge is 0.234 e. The number of carbonyl (C=O) groups excluding carboxylic acids is 1. The Kier molecular flexibility index (Phi) is 7.26. The van der Waals surface area contributed by atoms with Gasteiger partial charge in [0.25, 0.3) is 0 Å². The van der Waals surface area contributed by atoms with Crippen molar-refractivity contribution in [3.05, 3.63) is 40.6 Å². The van der Waals surface area contributed by atoms with Crippen LogP contribution in [0.25, 0.3) is 11.4 Å². The van der Waals surface area contributed by atoms with E-state index in [1.54, 1.807) is 18.4 Å². The van der Waals surface area contributed by atoms with Crippen molar-refractivity contribution in [3.8, 4) is 17.1 Å². The Morgan fingerprint density at radius 2 is 2.26 bits per heavy atom. The van der Waals surface area contributed by atoms with Crippen molar-refractivity contribution in [1.82, 2.24) is 14.8 Å². The van der Waals surface area contributed by atoms with E-state index in [1.165, 1.54) is 16.6 Å². The molecule has 0 bridgehead atoms. The summed E-state index contributed by atoms with van der Waals surface area (Å²) in [4.78, 5) is 13.9. The molecule has 1 amide bonds. The van der Waals surface area contributed by atoms with Gasteiger partial charge < -0.3 is 14.8 Å². The molecule has 1 N–H and O–H groups in total. The molecule has 3 aromatic rings. The second-order valence-corrected chi connectivity index (χ2v) is 9.18. The highest BCUT2D eigenvalue weighted by Crippen LogP contribution is 2.30. The highest BCUT2D eigenvalue weighted by atomic mass is 32.2. The third-order valence-corrected chi connectivity index (χ3v) is 7.15. The van der Waals surface area contributed by atoms with E-state index in [0.29, 0.717) is 18.0 Å². The number of para-hydroxylation sites is 2. The van der Waals surface area contributed by atoms with Gasteiger partial charge in [0.1, 0.15) is 5.75 Å². The van der Waals surface area contributed by atoms with Gasteiger partial charge in [0.2, 0.25) is 5.91 Å². The molecule has 0 saturated carbocycles. The van der Waals surface area contributed by atoms with Crippen molar-refractivity contribution in [2.75, 3.05) is 24.8 Å². The first-order valence-electron chi connectivity index (χ1n) is 10.4. The van der Waals surface area contributed by atoms with Crippen molar-refractivity contribution in [2.24, 2.45) is 0 Å². The molecular weight excluding hydrogens is 432 g/mol. The number of amides is 1. The van der Waals surface area contributed by atoms with Gasteiger partial charge >= 0.3 is 0 Å². The molecule has 1 fully saturated rings. The predicted molar refractivity (Wildman–Crippen MR) is 124 cm³/mol. The maximum atomic E-state index is 12.6. The van der Waals surface area contributed by atoms with Gasteiger partial charge in [0.15, 0.2) is 11.0 Å². The summed E-state index contributed by atoms with van der Waals surface area (Å²) < 4.78 is 13.3. The summed E-state index contributed by atoms with van der Waals surface area (Å²) in [5.74, 6) is 1.57. The molecule has 0 aliphatic carbocycles. The van der Waals surface area contributed by atoms with E-state index < -0.39 is 0 Å². The number of thiophene rings is 1. The van der Waals surface area contributed by atoms with E-state index in [9.17, 15) is 4.79 Å². The largest absolute Gasteiger partial charge is 0.495 e. The SMILES string of the molecule is CCc1cc(-c2nnc(SCC(=O)Nc3ccccc3OC)n2CC2CCCO2)cs1. The number of hydrogen-bond donors (Lipinski definition) is 1. The monoisotopic (exact) mass is 458 g/mol. The Balaban J connectivity index is 1.49. The number of benzene rings is 1. The average Bonchev–Trinajstić information content (AvgIpc) is 3.54. The molecule has 4 rings (SSSR count). The summed E-state index contributed by atoms with van der Waals surface area (Å²) in [5, 5.41) is 14.6. The lowest BCUT2D eigenvalue weighted by atomic mass is 10.2. The number of ether oxygens (including phenoxy) is 2. The molecule has 1 unspecified atom stereocenters. The molecule has 1 saturated heterocycles. The highest BCUT2D eigenvalue weighted by molar-refractivity contribution is 7.99. The van der Waals surface area contributed by atoms with Gasteiger partial charge in [0.05, 0.1) is 31.2 Å². The zero-order valence-electron chi connectivity index (χ0n) is 17.7. The molecule has 7 nitrogen and oxygen atoms in total. The standard InChI is InChI=1S/C22H26N4O3S2/c1-3-17-11-15(13-30-17)21-24-25-22(26(21)12-16-7-6-10-29-16)31-14-20(27)23-18-8-4-5-9-19(18)28-2/h4-5,8-9,11,13,16H,3,6-7,10,12,14H2,1-2H3,(H,23,27). The molecule has 1 atom stereocenters. The summed E-state index contributed by atoms with van der Waals surface area (Å²) >= 11 is 3.12. The number of carbonyl (C=O) groups is 1. The molecule has 0 spiro atoms. The van der Waals surface area contributed by atoms with Gasteiger partial charge in [-0.25, -0.2) is 0 Å². The van der Waals surface area contributed by atoms with Gasteiger partial charge in [-0.05, 0) is 37.5 Å². The van der Waals surface area contributed by atoms with Crippen LogP contribution in [0.1, 0.15) is 24.6 Å². The third kappa shape index (κ3) is 5.28. The minimum Gasteiger partial charge on any atom is -0.495 e. The Hall–Kier alpha value is -2.36. The number of nitrogens with zero attached hydrogens (tertiary/aromatic N) is 3. The zero-order chi connectivity index (χ0) is 21.6. The summed E-state index contributed by atoms with van der Waals surface area (Å²) in [6.45, 7) is 3.63. The van der Waals surface area contributed by atoms with Gasteiger partial charge in [-0.15, -0.1) is 21.5 Å². The fourth-order valence-corrected chi connectivity index (χ4v) is 5.07. The number of hydrogen-bond acceptors (Lipinski definition) is 7. The van der Waals surface area contributed by atoms with E-state index in [0.717, 1.165) is 42.4 Å². The van der Waals surface area contributed by atoms with Crippen LogP contribution in [0, 0.1) is 0 Å². The summed E-state index contributed by atoms with van der Waals surface area (Å²) in [6.07, 6.45) is 3.25. The van der Waals surface area contributed by atoms with Gasteiger partial charge in [-0.1, -0.05) is 30.8 Å². The first-order valence-corrected chi connectivity index (χ1v) is 12.2. The first kappa shape index (κ1) is 21.9. The number of aryl methyl sites for hydroxylation is 1. The van der Waals surface area contributed by atoms with Crippen LogP contribution in [-0.4, -0.2) is 46.2 Å². The number of aromatic nitrogens is 3. The molecule has 1 aliphatic heterocycles. The first-order chi connectivity index (χ1) is 15.2. The normalized spacial score (nSPS) is 15.9. The molecule has 9 heteroatoms. The second kappa shape index (κ2) is 10.3. The van der Waals surface area contributed by atoms with Crippen LogP contribution in [0.5, 0.6) is 5.75 Å². The number of rotatable bonds is 9. The molecule has 31 heavy (non-hydrogen) atoms. The lowest BCUT2D eigenvalue weighted by molar-refractivity contribution is -0.113. The number of thioether (sulfide) groups is 1. The van der Waals surface area contributed by atoms with Gasteiger partial charge in [0, 0.05) is 22.4 Å². The summed E-state index contributed by atoms with van der Waals surface area (Å²) in [5.41, 5.74) is 1.72. The van der Waals surface area contributed by atoms with Crippen LogP contribution in [0.15, 0.2) is 40.9 Å².